The molecule has 0 bridgehead atoms. The van der Waals surface area contributed by atoms with E-state index in [9.17, 15) is 4.79 Å². The second-order valence-corrected chi connectivity index (χ2v) is 3.54. The molecule has 0 aromatic carbocycles. The maximum atomic E-state index is 10.4. The summed E-state index contributed by atoms with van der Waals surface area (Å²) >= 11 is 0. The van der Waals surface area contributed by atoms with Gasteiger partial charge in [0.05, 0.1) is 6.54 Å². The smallest absolute Gasteiger partial charge is 0.404 e. The average molecular weight is 235 g/mol. The lowest BCUT2D eigenvalue weighted by Crippen LogP contribution is -2.19. The number of carbonyl (C=O) groups excluding carboxylic acids is 1. The van der Waals surface area contributed by atoms with Gasteiger partial charge in [-0.15, -0.1) is 0 Å². The first-order valence-corrected chi connectivity index (χ1v) is 5.13. The van der Waals surface area contributed by atoms with E-state index in [0.717, 1.165) is 17.0 Å². The van der Waals surface area contributed by atoms with Crippen LogP contribution in [-0.4, -0.2) is 33.8 Å². The zero-order chi connectivity index (χ0) is 12.3. The van der Waals surface area contributed by atoms with Crippen molar-refractivity contribution in [2.24, 2.45) is 5.73 Å². The van der Waals surface area contributed by atoms with Gasteiger partial charge in [0.15, 0.2) is 5.65 Å². The van der Waals surface area contributed by atoms with Crippen molar-refractivity contribution in [2.75, 3.05) is 18.5 Å². The van der Waals surface area contributed by atoms with Crippen LogP contribution in [0.1, 0.15) is 5.56 Å². The Kier molecular flexibility index (Phi) is 3.08. The number of aryl methyl sites for hydroxylation is 1. The molecular formula is C10H13N5O2. The molecule has 1 amide bonds. The largest absolute Gasteiger partial charge is 0.448 e. The van der Waals surface area contributed by atoms with E-state index in [4.69, 9.17) is 5.73 Å². The van der Waals surface area contributed by atoms with Crippen molar-refractivity contribution >= 4 is 17.6 Å². The topological polar surface area (TPSA) is 94.5 Å². The van der Waals surface area contributed by atoms with Gasteiger partial charge < -0.3 is 15.8 Å². The Balaban J connectivity index is 2.07. The minimum Gasteiger partial charge on any atom is -0.448 e. The number of anilines is 1. The van der Waals surface area contributed by atoms with Crippen molar-refractivity contribution in [2.45, 2.75) is 6.92 Å². The minimum atomic E-state index is -0.776. The molecule has 0 radical (unpaired) electrons. The Morgan fingerprint density at radius 2 is 2.41 bits per heavy atom. The molecule has 0 unspecified atom stereocenters. The predicted octanol–water partition coefficient (Wildman–Crippen LogP) is 0.545. The van der Waals surface area contributed by atoms with E-state index in [1.165, 1.54) is 6.33 Å². The number of ether oxygens (including phenoxy) is 1. The third-order valence-corrected chi connectivity index (χ3v) is 2.18. The van der Waals surface area contributed by atoms with E-state index in [1.807, 2.05) is 19.1 Å². The van der Waals surface area contributed by atoms with Crippen molar-refractivity contribution in [3.8, 4) is 0 Å². The van der Waals surface area contributed by atoms with Crippen LogP contribution < -0.4 is 11.1 Å². The van der Waals surface area contributed by atoms with Crippen molar-refractivity contribution < 1.29 is 9.53 Å². The van der Waals surface area contributed by atoms with Gasteiger partial charge >= 0.3 is 6.09 Å². The summed E-state index contributed by atoms with van der Waals surface area (Å²) in [7, 11) is 0. The molecule has 2 aromatic rings. The Morgan fingerprint density at radius 3 is 3.18 bits per heavy atom. The van der Waals surface area contributed by atoms with Gasteiger partial charge in [0.25, 0.3) is 0 Å². The van der Waals surface area contributed by atoms with Gasteiger partial charge in [-0.05, 0) is 24.6 Å². The summed E-state index contributed by atoms with van der Waals surface area (Å²) in [6.07, 6.45) is 0.710. The molecule has 0 fully saturated rings. The Labute approximate surface area is 97.6 Å². The van der Waals surface area contributed by atoms with Crippen molar-refractivity contribution in [3.63, 3.8) is 0 Å². The zero-order valence-electron chi connectivity index (χ0n) is 9.38. The predicted molar refractivity (Wildman–Crippen MR) is 61.7 cm³/mol. The maximum absolute atomic E-state index is 10.4. The van der Waals surface area contributed by atoms with Crippen LogP contribution in [0.2, 0.25) is 0 Å². The number of fused-ring (bicyclic) bond motifs is 1. The van der Waals surface area contributed by atoms with Crippen LogP contribution in [0, 0.1) is 6.92 Å². The quantitative estimate of drug-likeness (QED) is 0.754. The van der Waals surface area contributed by atoms with Crippen molar-refractivity contribution in [1.82, 2.24) is 14.6 Å². The Hall–Kier alpha value is -2.31. The summed E-state index contributed by atoms with van der Waals surface area (Å²) in [5.74, 6) is 0.797. The molecule has 2 aromatic heterocycles. The molecule has 0 aliphatic carbocycles. The van der Waals surface area contributed by atoms with Crippen molar-refractivity contribution in [3.05, 3.63) is 24.0 Å². The monoisotopic (exact) mass is 235 g/mol. The molecule has 2 heterocycles. The first kappa shape index (κ1) is 11.2. The summed E-state index contributed by atoms with van der Waals surface area (Å²) in [6, 6.07) is 3.87. The van der Waals surface area contributed by atoms with Crippen LogP contribution in [0.5, 0.6) is 0 Å². The van der Waals surface area contributed by atoms with E-state index in [-0.39, 0.29) is 6.61 Å². The van der Waals surface area contributed by atoms with E-state index in [0.29, 0.717) is 6.54 Å². The minimum absolute atomic E-state index is 0.208. The summed E-state index contributed by atoms with van der Waals surface area (Å²) in [5, 5.41) is 7.18. The highest BCUT2D eigenvalue weighted by Crippen LogP contribution is 2.12. The van der Waals surface area contributed by atoms with Gasteiger partial charge in [-0.2, -0.15) is 9.61 Å². The van der Waals surface area contributed by atoms with Crippen LogP contribution >= 0.6 is 0 Å². The molecule has 0 aliphatic rings. The molecule has 17 heavy (non-hydrogen) atoms. The fourth-order valence-corrected chi connectivity index (χ4v) is 1.51. The Bertz CT molecular complexity index is 536. The first-order chi connectivity index (χ1) is 8.16. The number of nitrogens with one attached hydrogen (secondary N) is 1. The summed E-state index contributed by atoms with van der Waals surface area (Å²) < 4.78 is 6.30. The number of aromatic nitrogens is 3. The molecule has 0 saturated heterocycles. The highest BCUT2D eigenvalue weighted by Gasteiger charge is 2.03. The lowest BCUT2D eigenvalue weighted by molar-refractivity contribution is 0.161. The number of hydrogen-bond acceptors (Lipinski definition) is 5. The van der Waals surface area contributed by atoms with Crippen LogP contribution in [0.25, 0.3) is 5.65 Å². The zero-order valence-corrected chi connectivity index (χ0v) is 9.38. The second-order valence-electron chi connectivity index (χ2n) is 3.54. The lowest BCUT2D eigenvalue weighted by Gasteiger charge is -2.08. The maximum Gasteiger partial charge on any atom is 0.404 e. The lowest BCUT2D eigenvalue weighted by atomic mass is 10.3. The SMILES string of the molecule is Cc1cc(NCCOC(N)=O)n2ncnc2c1. The van der Waals surface area contributed by atoms with Crippen LogP contribution in [0.3, 0.4) is 0 Å². The van der Waals surface area contributed by atoms with Gasteiger partial charge in [0, 0.05) is 0 Å². The summed E-state index contributed by atoms with van der Waals surface area (Å²) in [6.45, 7) is 2.64. The number of carbonyl (C=O) groups is 1. The van der Waals surface area contributed by atoms with Gasteiger partial charge in [-0.25, -0.2) is 9.78 Å². The molecule has 7 heteroatoms. The summed E-state index contributed by atoms with van der Waals surface area (Å²) in [4.78, 5) is 14.5. The van der Waals surface area contributed by atoms with E-state index in [1.54, 1.807) is 4.52 Å². The fraction of sp³-hybridized carbons (Fsp3) is 0.300. The van der Waals surface area contributed by atoms with Gasteiger partial charge in [-0.3, -0.25) is 0 Å². The third kappa shape index (κ3) is 2.63. The van der Waals surface area contributed by atoms with Crippen molar-refractivity contribution in [1.29, 1.82) is 0 Å². The molecule has 2 rings (SSSR count). The highest BCUT2D eigenvalue weighted by atomic mass is 16.5. The molecular weight excluding hydrogens is 222 g/mol. The first-order valence-electron chi connectivity index (χ1n) is 5.13. The number of pyridine rings is 1. The second kappa shape index (κ2) is 4.69. The number of nitrogens with two attached hydrogens (primary N) is 1. The number of amides is 1. The molecule has 90 valence electrons. The molecule has 0 atom stereocenters. The number of rotatable bonds is 4. The molecule has 0 aliphatic heterocycles. The number of hydrogen-bond donors (Lipinski definition) is 2. The van der Waals surface area contributed by atoms with Crippen LogP contribution in [-0.2, 0) is 4.74 Å². The third-order valence-electron chi connectivity index (χ3n) is 2.18. The van der Waals surface area contributed by atoms with Gasteiger partial charge in [-0.1, -0.05) is 0 Å². The molecule has 0 spiro atoms. The molecule has 3 N–H and O–H groups in total. The van der Waals surface area contributed by atoms with Gasteiger partial charge in [0.2, 0.25) is 0 Å². The van der Waals surface area contributed by atoms with Crippen LogP contribution in [0.15, 0.2) is 18.5 Å². The number of nitrogens with zero attached hydrogens (tertiary/aromatic N) is 3. The highest BCUT2D eigenvalue weighted by molar-refractivity contribution is 5.64. The van der Waals surface area contributed by atoms with Crippen LogP contribution in [0.4, 0.5) is 10.6 Å². The van der Waals surface area contributed by atoms with E-state index >= 15 is 0 Å². The van der Waals surface area contributed by atoms with Gasteiger partial charge in [0.1, 0.15) is 18.8 Å². The van der Waals surface area contributed by atoms with E-state index < -0.39 is 6.09 Å². The fourth-order valence-electron chi connectivity index (χ4n) is 1.51. The number of primary amides is 1. The average Bonchev–Trinajstić information content (AvgIpc) is 2.71. The standard InChI is InChI=1S/C10H13N5O2/c1-7-4-8(12-2-3-17-10(11)16)15-9(5-7)13-6-14-15/h4-6,12H,2-3H2,1H3,(H2,11,16). The normalized spacial score (nSPS) is 10.4. The molecule has 7 nitrogen and oxygen atoms in total. The summed E-state index contributed by atoms with van der Waals surface area (Å²) in [5.41, 5.74) is 6.69. The van der Waals surface area contributed by atoms with E-state index in [2.05, 4.69) is 20.1 Å². The molecule has 0 saturated carbocycles. The Morgan fingerprint density at radius 1 is 1.59 bits per heavy atom.